The highest BCUT2D eigenvalue weighted by Crippen LogP contribution is 2.17. The SMILES string of the molecule is Cc1ccc(OCCC[n+]2ccc(CCC(=O)O)cc2)c(F)c1.O=C([O-])C(F)(F)F. The van der Waals surface area contributed by atoms with E-state index in [1.807, 2.05) is 42.1 Å². The zero-order valence-electron chi connectivity index (χ0n) is 16.1. The minimum Gasteiger partial charge on any atom is -0.542 e. The molecule has 0 spiro atoms. The summed E-state index contributed by atoms with van der Waals surface area (Å²) in [5, 5.41) is 17.4. The van der Waals surface area contributed by atoms with Gasteiger partial charge in [-0.25, -0.2) is 8.96 Å². The van der Waals surface area contributed by atoms with Gasteiger partial charge in [-0.3, -0.25) is 4.79 Å². The van der Waals surface area contributed by atoms with Crippen LogP contribution in [0.5, 0.6) is 5.75 Å². The Kier molecular flexibility index (Phi) is 9.73. The molecule has 0 amide bonds. The van der Waals surface area contributed by atoms with Gasteiger partial charge in [-0.1, -0.05) is 6.07 Å². The number of aromatic nitrogens is 1. The maximum Gasteiger partial charge on any atom is 0.430 e. The molecule has 1 heterocycles. The van der Waals surface area contributed by atoms with E-state index in [2.05, 4.69) is 0 Å². The molecule has 0 radical (unpaired) electrons. The van der Waals surface area contributed by atoms with E-state index in [-0.39, 0.29) is 18.0 Å². The molecule has 0 aliphatic rings. The number of nitrogens with zero attached hydrogens (tertiary/aromatic N) is 1. The van der Waals surface area contributed by atoms with E-state index in [9.17, 15) is 22.4 Å². The van der Waals surface area contributed by atoms with E-state index in [4.69, 9.17) is 19.7 Å². The topological polar surface area (TPSA) is 90.5 Å². The van der Waals surface area contributed by atoms with E-state index >= 15 is 0 Å². The molecule has 6 nitrogen and oxygen atoms in total. The molecule has 1 aromatic carbocycles. The quantitative estimate of drug-likeness (QED) is 0.393. The largest absolute Gasteiger partial charge is 0.542 e. The van der Waals surface area contributed by atoms with Crippen molar-refractivity contribution in [3.8, 4) is 5.75 Å². The van der Waals surface area contributed by atoms with Crippen LogP contribution in [0.4, 0.5) is 17.6 Å². The van der Waals surface area contributed by atoms with E-state index < -0.39 is 18.1 Å². The van der Waals surface area contributed by atoms with Crippen molar-refractivity contribution in [1.82, 2.24) is 0 Å². The maximum absolute atomic E-state index is 13.6. The second-order valence-electron chi connectivity index (χ2n) is 6.26. The molecule has 2 rings (SSSR count). The number of aliphatic carboxylic acids is 2. The van der Waals surface area contributed by atoms with Crippen molar-refractivity contribution >= 4 is 11.9 Å². The average Bonchev–Trinajstić information content (AvgIpc) is 2.65. The highest BCUT2D eigenvalue weighted by molar-refractivity contribution is 5.70. The third-order valence-corrected chi connectivity index (χ3v) is 3.72. The van der Waals surface area contributed by atoms with Gasteiger partial charge in [0, 0.05) is 25.0 Å². The molecule has 0 aliphatic carbocycles. The summed E-state index contributed by atoms with van der Waals surface area (Å²) in [5.74, 6) is -3.85. The molecule has 10 heteroatoms. The van der Waals surface area contributed by atoms with Crippen LogP contribution < -0.4 is 14.4 Å². The van der Waals surface area contributed by atoms with Crippen LogP contribution in [-0.2, 0) is 22.6 Å². The van der Waals surface area contributed by atoms with E-state index in [0.717, 1.165) is 24.1 Å². The van der Waals surface area contributed by atoms with Gasteiger partial charge in [0.1, 0.15) is 5.97 Å². The van der Waals surface area contributed by atoms with Gasteiger partial charge >= 0.3 is 12.1 Å². The first-order valence-corrected chi connectivity index (χ1v) is 8.86. The fourth-order valence-electron chi connectivity index (χ4n) is 2.21. The Morgan fingerprint density at radius 2 is 1.77 bits per heavy atom. The molecular formula is C20H21F4NO5. The van der Waals surface area contributed by atoms with Gasteiger partial charge in [-0.05, 0) is 36.6 Å². The lowest BCUT2D eigenvalue weighted by molar-refractivity contribution is -0.697. The first-order chi connectivity index (χ1) is 14.0. The minimum atomic E-state index is -5.19. The average molecular weight is 431 g/mol. The van der Waals surface area contributed by atoms with Crippen LogP contribution in [0.25, 0.3) is 0 Å². The van der Waals surface area contributed by atoms with Crippen molar-refractivity contribution in [2.75, 3.05) is 6.61 Å². The molecule has 1 N–H and O–H groups in total. The second kappa shape index (κ2) is 11.7. The zero-order valence-corrected chi connectivity index (χ0v) is 16.1. The Balaban J connectivity index is 0.000000553. The monoisotopic (exact) mass is 431 g/mol. The third kappa shape index (κ3) is 9.85. The number of carboxylic acid groups (broad SMARTS) is 2. The fraction of sp³-hybridized carbons (Fsp3) is 0.350. The molecule has 0 saturated heterocycles. The fourth-order valence-corrected chi connectivity index (χ4v) is 2.21. The summed E-state index contributed by atoms with van der Waals surface area (Å²) in [5.41, 5.74) is 1.87. The number of pyridine rings is 1. The van der Waals surface area contributed by atoms with Crippen LogP contribution in [0.1, 0.15) is 24.0 Å². The van der Waals surface area contributed by atoms with Crippen molar-refractivity contribution in [1.29, 1.82) is 0 Å². The maximum atomic E-state index is 13.6. The zero-order chi connectivity index (χ0) is 22.7. The van der Waals surface area contributed by atoms with Gasteiger partial charge in [-0.2, -0.15) is 13.2 Å². The number of carboxylic acids is 2. The van der Waals surface area contributed by atoms with Gasteiger partial charge < -0.3 is 19.7 Å². The Morgan fingerprint density at radius 1 is 1.17 bits per heavy atom. The number of ether oxygens (including phenoxy) is 1. The molecule has 0 fully saturated rings. The number of carbonyl (C=O) groups excluding carboxylic acids is 1. The predicted octanol–water partition coefficient (Wildman–Crippen LogP) is 2.21. The van der Waals surface area contributed by atoms with E-state index in [1.165, 1.54) is 6.07 Å². The summed E-state index contributed by atoms with van der Waals surface area (Å²) < 4.78 is 52.6. The molecule has 2 aromatic rings. The summed E-state index contributed by atoms with van der Waals surface area (Å²) >= 11 is 0. The third-order valence-electron chi connectivity index (χ3n) is 3.72. The van der Waals surface area contributed by atoms with Crippen LogP contribution in [0.3, 0.4) is 0 Å². The highest BCUT2D eigenvalue weighted by Gasteiger charge is 2.28. The molecule has 0 atom stereocenters. The molecule has 164 valence electrons. The van der Waals surface area contributed by atoms with Crippen LogP contribution in [0, 0.1) is 12.7 Å². The van der Waals surface area contributed by atoms with Crippen molar-refractivity contribution < 1.29 is 46.7 Å². The molecule has 0 bridgehead atoms. The number of aryl methyl sites for hydroxylation is 3. The van der Waals surface area contributed by atoms with Crippen molar-refractivity contribution in [2.24, 2.45) is 0 Å². The first kappa shape index (κ1) is 24.9. The summed E-state index contributed by atoms with van der Waals surface area (Å²) in [4.78, 5) is 19.3. The van der Waals surface area contributed by atoms with Crippen LogP contribution in [0.15, 0.2) is 42.7 Å². The summed E-state index contributed by atoms with van der Waals surface area (Å²) in [6.45, 7) is 3.03. The highest BCUT2D eigenvalue weighted by atomic mass is 19.4. The number of halogens is 4. The number of benzene rings is 1. The molecular weight excluding hydrogens is 410 g/mol. The second-order valence-corrected chi connectivity index (χ2v) is 6.26. The van der Waals surface area contributed by atoms with E-state index in [1.54, 1.807) is 6.07 Å². The summed E-state index contributed by atoms with van der Waals surface area (Å²) in [7, 11) is 0. The number of carbonyl (C=O) groups is 2. The lowest BCUT2D eigenvalue weighted by atomic mass is 10.1. The van der Waals surface area contributed by atoms with E-state index in [0.29, 0.717) is 13.0 Å². The molecule has 1 aromatic heterocycles. The Bertz CT molecular complexity index is 838. The lowest BCUT2D eigenvalue weighted by Crippen LogP contribution is -2.37. The normalized spacial score (nSPS) is 10.7. The lowest BCUT2D eigenvalue weighted by Gasteiger charge is -2.06. The van der Waals surface area contributed by atoms with Gasteiger partial charge in [0.2, 0.25) is 0 Å². The van der Waals surface area contributed by atoms with Gasteiger partial charge in [0.05, 0.1) is 6.61 Å². The number of alkyl halides is 3. The summed E-state index contributed by atoms with van der Waals surface area (Å²) in [6, 6.07) is 8.77. The molecule has 0 aliphatic heterocycles. The van der Waals surface area contributed by atoms with Gasteiger partial charge in [0.15, 0.2) is 30.5 Å². The smallest absolute Gasteiger partial charge is 0.430 e. The first-order valence-electron chi connectivity index (χ1n) is 8.86. The Morgan fingerprint density at radius 3 is 2.27 bits per heavy atom. The van der Waals surface area contributed by atoms with Gasteiger partial charge in [0.25, 0.3) is 0 Å². The van der Waals surface area contributed by atoms with Crippen LogP contribution in [-0.4, -0.2) is 29.8 Å². The number of hydrogen-bond acceptors (Lipinski definition) is 4. The standard InChI is InChI=1S/C18H20FNO3.C2HF3O2/c1-14-3-5-17(16(19)13-14)23-12-2-9-20-10-7-15(8-11-20)4-6-18(21)22;3-2(4,5)1(6)7/h3,5,7-8,10-11,13H,2,4,6,9,12H2,1H3;(H,6,7). The Hall–Kier alpha value is -3.17. The molecule has 0 saturated carbocycles. The molecule has 0 unspecified atom stereocenters. The number of rotatable bonds is 8. The summed E-state index contributed by atoms with van der Waals surface area (Å²) in [6.07, 6.45) is 0.0751. The van der Waals surface area contributed by atoms with Crippen molar-refractivity contribution in [3.63, 3.8) is 0 Å². The van der Waals surface area contributed by atoms with Crippen molar-refractivity contribution in [2.45, 2.75) is 38.9 Å². The van der Waals surface area contributed by atoms with Crippen molar-refractivity contribution in [3.05, 3.63) is 59.7 Å². The minimum absolute atomic E-state index is 0.139. The van der Waals surface area contributed by atoms with Crippen LogP contribution >= 0.6 is 0 Å². The van der Waals surface area contributed by atoms with Crippen LogP contribution in [0.2, 0.25) is 0 Å². The van der Waals surface area contributed by atoms with Gasteiger partial charge in [-0.15, -0.1) is 0 Å². The predicted molar refractivity (Wildman–Crippen MR) is 94.9 cm³/mol. The molecule has 30 heavy (non-hydrogen) atoms. The Labute approximate surface area is 170 Å². The number of hydrogen-bond donors (Lipinski definition) is 1.